The Morgan fingerprint density at radius 2 is 1.83 bits per heavy atom. The number of esters is 2. The molecule has 3 rings (SSSR count). The maximum atomic E-state index is 12.4. The number of nitrogens with zero attached hydrogens (tertiary/aromatic N) is 1. The van der Waals surface area contributed by atoms with Crippen molar-refractivity contribution in [2.24, 2.45) is 0 Å². The third-order valence-electron chi connectivity index (χ3n) is 4.60. The monoisotopic (exact) mass is 395 g/mol. The predicted octanol–water partition coefficient (Wildman–Crippen LogP) is 4.35. The number of hydrogen-bond acceptors (Lipinski definition) is 5. The highest BCUT2D eigenvalue weighted by Gasteiger charge is 2.17. The van der Waals surface area contributed by atoms with E-state index < -0.39 is 0 Å². The number of aromatic nitrogens is 1. The zero-order valence-electron chi connectivity index (χ0n) is 16.7. The molecule has 0 atom stereocenters. The molecule has 0 spiro atoms. The topological polar surface area (TPSA) is 66.8 Å². The van der Waals surface area contributed by atoms with Gasteiger partial charge in [-0.25, -0.2) is 4.79 Å². The van der Waals surface area contributed by atoms with E-state index in [2.05, 4.69) is 0 Å². The van der Waals surface area contributed by atoms with Crippen LogP contribution in [0.5, 0.6) is 5.75 Å². The van der Waals surface area contributed by atoms with Crippen LogP contribution in [-0.2, 0) is 27.4 Å². The Morgan fingerprint density at radius 1 is 1.03 bits per heavy atom. The summed E-state index contributed by atoms with van der Waals surface area (Å²) in [5.74, 6) is 0.0766. The van der Waals surface area contributed by atoms with Crippen LogP contribution in [0.1, 0.15) is 35.8 Å². The van der Waals surface area contributed by atoms with Crippen LogP contribution in [0.4, 0.5) is 0 Å². The molecule has 0 fully saturated rings. The first-order valence-corrected chi connectivity index (χ1v) is 9.66. The smallest absolute Gasteiger partial charge is 0.354 e. The molecule has 1 heterocycles. The van der Waals surface area contributed by atoms with E-state index in [1.807, 2.05) is 53.1 Å². The normalized spacial score (nSPS) is 10.7. The van der Waals surface area contributed by atoms with E-state index in [9.17, 15) is 9.59 Å². The Labute approximate surface area is 170 Å². The van der Waals surface area contributed by atoms with E-state index in [0.29, 0.717) is 31.9 Å². The second-order valence-corrected chi connectivity index (χ2v) is 6.58. The zero-order chi connectivity index (χ0) is 20.6. The Morgan fingerprint density at radius 3 is 2.55 bits per heavy atom. The second-order valence-electron chi connectivity index (χ2n) is 6.58. The van der Waals surface area contributed by atoms with Crippen LogP contribution in [0, 0.1) is 0 Å². The molecule has 0 amide bonds. The molecular formula is C23H25NO5. The first-order valence-electron chi connectivity index (χ1n) is 9.66. The second kappa shape index (κ2) is 9.78. The first-order chi connectivity index (χ1) is 14.1. The standard InChI is InChI=1S/C23H25NO5/c1-3-28-23(26)21-15-18-14-19(29-16-17-8-5-4-6-9-17)11-12-20(18)24(21)13-7-10-22(25)27-2/h4-6,8-9,11-12,14-15H,3,7,10,13,16H2,1-2H3. The summed E-state index contributed by atoms with van der Waals surface area (Å²) in [5.41, 5.74) is 2.44. The molecule has 1 aromatic heterocycles. The maximum absolute atomic E-state index is 12.4. The number of ether oxygens (including phenoxy) is 3. The maximum Gasteiger partial charge on any atom is 0.354 e. The Bertz CT molecular complexity index is 978. The minimum absolute atomic E-state index is 0.268. The average Bonchev–Trinajstić information content (AvgIpc) is 3.11. The summed E-state index contributed by atoms with van der Waals surface area (Å²) in [6.45, 7) is 3.06. The quantitative estimate of drug-likeness (QED) is 0.504. The molecular weight excluding hydrogens is 370 g/mol. The van der Waals surface area contributed by atoms with Crippen molar-refractivity contribution in [3.63, 3.8) is 0 Å². The van der Waals surface area contributed by atoms with Crippen LogP contribution >= 0.6 is 0 Å². The number of hydrogen-bond donors (Lipinski definition) is 0. The fraction of sp³-hybridized carbons (Fsp3) is 0.304. The van der Waals surface area contributed by atoms with Crippen LogP contribution in [-0.4, -0.2) is 30.2 Å². The highest BCUT2D eigenvalue weighted by Crippen LogP contribution is 2.26. The third kappa shape index (κ3) is 5.16. The lowest BCUT2D eigenvalue weighted by molar-refractivity contribution is -0.140. The molecule has 0 bridgehead atoms. The van der Waals surface area contributed by atoms with Gasteiger partial charge in [0.2, 0.25) is 0 Å². The van der Waals surface area contributed by atoms with Crippen molar-refractivity contribution in [3.05, 3.63) is 65.9 Å². The van der Waals surface area contributed by atoms with Gasteiger partial charge >= 0.3 is 11.9 Å². The van der Waals surface area contributed by atoms with Crippen molar-refractivity contribution in [1.29, 1.82) is 0 Å². The van der Waals surface area contributed by atoms with Crippen LogP contribution in [0.2, 0.25) is 0 Å². The SMILES string of the molecule is CCOC(=O)c1cc2cc(OCc3ccccc3)ccc2n1CCCC(=O)OC. The summed E-state index contributed by atoms with van der Waals surface area (Å²) in [7, 11) is 1.37. The van der Waals surface area contributed by atoms with E-state index in [4.69, 9.17) is 14.2 Å². The van der Waals surface area contributed by atoms with Gasteiger partial charge in [0.25, 0.3) is 0 Å². The first kappa shape index (κ1) is 20.5. The summed E-state index contributed by atoms with van der Waals surface area (Å²) in [6, 6.07) is 17.5. The fourth-order valence-electron chi connectivity index (χ4n) is 3.18. The minimum atomic E-state index is -0.381. The molecule has 3 aromatic rings. The van der Waals surface area contributed by atoms with E-state index >= 15 is 0 Å². The van der Waals surface area contributed by atoms with Crippen molar-refractivity contribution in [2.75, 3.05) is 13.7 Å². The van der Waals surface area contributed by atoms with Crippen molar-refractivity contribution < 1.29 is 23.8 Å². The van der Waals surface area contributed by atoms with E-state index in [-0.39, 0.29) is 18.4 Å². The van der Waals surface area contributed by atoms with Gasteiger partial charge in [0.05, 0.1) is 13.7 Å². The molecule has 0 aliphatic rings. The molecule has 29 heavy (non-hydrogen) atoms. The number of methoxy groups -OCH3 is 1. The van der Waals surface area contributed by atoms with Gasteiger partial charge < -0.3 is 18.8 Å². The molecule has 0 aliphatic carbocycles. The number of rotatable bonds is 9. The average molecular weight is 395 g/mol. The van der Waals surface area contributed by atoms with Crippen molar-refractivity contribution in [1.82, 2.24) is 4.57 Å². The fourth-order valence-corrected chi connectivity index (χ4v) is 3.18. The zero-order valence-corrected chi connectivity index (χ0v) is 16.7. The van der Waals surface area contributed by atoms with Crippen LogP contribution in [0.25, 0.3) is 10.9 Å². The molecule has 2 aromatic carbocycles. The molecule has 0 N–H and O–H groups in total. The summed E-state index contributed by atoms with van der Waals surface area (Å²) in [4.78, 5) is 23.8. The van der Waals surface area contributed by atoms with Crippen LogP contribution in [0.15, 0.2) is 54.6 Å². The van der Waals surface area contributed by atoms with Gasteiger partial charge in [-0.1, -0.05) is 30.3 Å². The van der Waals surface area contributed by atoms with Crippen LogP contribution in [0.3, 0.4) is 0 Å². The molecule has 0 unspecified atom stereocenters. The van der Waals surface area contributed by atoms with Gasteiger partial charge in [0.1, 0.15) is 18.1 Å². The lowest BCUT2D eigenvalue weighted by Gasteiger charge is -2.10. The molecule has 6 heteroatoms. The molecule has 0 aliphatic heterocycles. The van der Waals surface area contributed by atoms with Crippen molar-refractivity contribution in [2.45, 2.75) is 32.9 Å². The van der Waals surface area contributed by atoms with Gasteiger partial charge in [-0.15, -0.1) is 0 Å². The molecule has 0 saturated heterocycles. The largest absolute Gasteiger partial charge is 0.489 e. The molecule has 6 nitrogen and oxygen atoms in total. The summed E-state index contributed by atoms with van der Waals surface area (Å²) < 4.78 is 17.7. The number of aryl methyl sites for hydroxylation is 1. The number of carbonyl (C=O) groups is 2. The number of benzene rings is 2. The predicted molar refractivity (Wildman–Crippen MR) is 110 cm³/mol. The highest BCUT2D eigenvalue weighted by molar-refractivity contribution is 5.96. The lowest BCUT2D eigenvalue weighted by Crippen LogP contribution is -2.13. The number of carbonyl (C=O) groups excluding carboxylic acids is 2. The summed E-state index contributed by atoms with van der Waals surface area (Å²) >= 11 is 0. The summed E-state index contributed by atoms with van der Waals surface area (Å²) in [6.07, 6.45) is 0.853. The minimum Gasteiger partial charge on any atom is -0.489 e. The van der Waals surface area contributed by atoms with Gasteiger partial charge in [-0.05, 0) is 43.2 Å². The third-order valence-corrected chi connectivity index (χ3v) is 4.60. The van der Waals surface area contributed by atoms with Crippen molar-refractivity contribution >= 4 is 22.8 Å². The Hall–Kier alpha value is -3.28. The molecule has 0 saturated carbocycles. The lowest BCUT2D eigenvalue weighted by atomic mass is 10.2. The molecule has 152 valence electrons. The van der Waals surface area contributed by atoms with Gasteiger partial charge in [-0.2, -0.15) is 0 Å². The summed E-state index contributed by atoms with van der Waals surface area (Å²) in [5, 5.41) is 0.886. The number of fused-ring (bicyclic) bond motifs is 1. The van der Waals surface area contributed by atoms with E-state index in [1.54, 1.807) is 13.0 Å². The highest BCUT2D eigenvalue weighted by atomic mass is 16.5. The Balaban J connectivity index is 1.83. The van der Waals surface area contributed by atoms with E-state index in [0.717, 1.165) is 22.2 Å². The molecule has 0 radical (unpaired) electrons. The van der Waals surface area contributed by atoms with Gasteiger partial charge in [0, 0.05) is 23.9 Å². The van der Waals surface area contributed by atoms with Gasteiger partial charge in [-0.3, -0.25) is 4.79 Å². The van der Waals surface area contributed by atoms with Gasteiger partial charge in [0.15, 0.2) is 0 Å². The Kier molecular flexibility index (Phi) is 6.89. The van der Waals surface area contributed by atoms with E-state index in [1.165, 1.54) is 7.11 Å². The van der Waals surface area contributed by atoms with Crippen LogP contribution < -0.4 is 4.74 Å². The van der Waals surface area contributed by atoms with Crippen molar-refractivity contribution in [3.8, 4) is 5.75 Å².